The van der Waals surface area contributed by atoms with Crippen LogP contribution in [0.5, 0.6) is 0 Å². The third-order valence-corrected chi connectivity index (χ3v) is 3.89. The maximum atomic E-state index is 5.65. The van der Waals surface area contributed by atoms with Crippen molar-refractivity contribution in [2.45, 2.75) is 10.8 Å². The molecule has 0 spiro atoms. The maximum Gasteiger partial charge on any atom is 0.147 e. The van der Waals surface area contributed by atoms with Gasteiger partial charge in [0.05, 0.1) is 18.1 Å². The van der Waals surface area contributed by atoms with Gasteiger partial charge in [0, 0.05) is 16.4 Å². The minimum Gasteiger partial charge on any atom is -0.256 e. The molecule has 0 aliphatic rings. The second-order valence-electron chi connectivity index (χ2n) is 2.91. The first-order chi connectivity index (χ1) is 7.75. The zero-order valence-electron chi connectivity index (χ0n) is 8.10. The van der Waals surface area contributed by atoms with Crippen molar-refractivity contribution >= 4 is 39.3 Å². The third kappa shape index (κ3) is 3.17. The van der Waals surface area contributed by atoms with Gasteiger partial charge in [-0.2, -0.15) is 0 Å². The molecule has 0 bridgehead atoms. The minimum atomic E-state index is 0.410. The van der Waals surface area contributed by atoms with Crippen molar-refractivity contribution in [3.8, 4) is 0 Å². The maximum absolute atomic E-state index is 5.65. The monoisotopic (exact) mass is 315 g/mol. The van der Waals surface area contributed by atoms with E-state index in [0.717, 1.165) is 20.9 Å². The number of nitrogens with zero attached hydrogens (tertiary/aromatic N) is 3. The highest BCUT2D eigenvalue weighted by molar-refractivity contribution is 9.10. The second kappa shape index (κ2) is 5.61. The van der Waals surface area contributed by atoms with Gasteiger partial charge in [-0.1, -0.05) is 23.4 Å². The van der Waals surface area contributed by atoms with Crippen LogP contribution < -0.4 is 0 Å². The number of hydrogen-bond acceptors (Lipinski definition) is 4. The molecule has 0 saturated heterocycles. The summed E-state index contributed by atoms with van der Waals surface area (Å²) in [5, 5.41) is 1.35. The van der Waals surface area contributed by atoms with E-state index in [9.17, 15) is 0 Å². The Hall–Kier alpha value is -0.650. The lowest BCUT2D eigenvalue weighted by Crippen LogP contribution is -1.89. The van der Waals surface area contributed by atoms with Crippen LogP contribution in [0.1, 0.15) is 5.69 Å². The molecule has 2 rings (SSSR count). The van der Waals surface area contributed by atoms with Gasteiger partial charge in [0.15, 0.2) is 0 Å². The standard InChI is InChI=1S/C10H7BrClN3S/c11-8-2-1-3-13-10(8)16-6-7-4-15-9(12)5-14-7/h1-5H,6H2. The molecule has 0 aliphatic carbocycles. The molecule has 0 amide bonds. The molecule has 0 radical (unpaired) electrons. The Kier molecular flexibility index (Phi) is 4.15. The van der Waals surface area contributed by atoms with Crippen LogP contribution in [0.3, 0.4) is 0 Å². The molecule has 2 aromatic rings. The van der Waals surface area contributed by atoms with Crippen LogP contribution in [0.15, 0.2) is 40.2 Å². The van der Waals surface area contributed by atoms with Crippen LogP contribution in [0.2, 0.25) is 5.15 Å². The predicted molar refractivity (Wildman–Crippen MR) is 68.5 cm³/mol. The van der Waals surface area contributed by atoms with Crippen LogP contribution >= 0.6 is 39.3 Å². The Morgan fingerprint density at radius 3 is 2.81 bits per heavy atom. The number of halogens is 2. The highest BCUT2D eigenvalue weighted by Gasteiger charge is 2.02. The Bertz CT molecular complexity index is 478. The molecule has 6 heteroatoms. The number of rotatable bonds is 3. The average Bonchev–Trinajstić information content (AvgIpc) is 2.30. The summed E-state index contributed by atoms with van der Waals surface area (Å²) >= 11 is 10.7. The topological polar surface area (TPSA) is 38.7 Å². The van der Waals surface area contributed by atoms with Crippen molar-refractivity contribution in [1.82, 2.24) is 15.0 Å². The van der Waals surface area contributed by atoms with Crippen LogP contribution in [-0.4, -0.2) is 15.0 Å². The van der Waals surface area contributed by atoms with Crippen molar-refractivity contribution in [2.75, 3.05) is 0 Å². The lowest BCUT2D eigenvalue weighted by molar-refractivity contribution is 1.08. The zero-order chi connectivity index (χ0) is 11.4. The highest BCUT2D eigenvalue weighted by Crippen LogP contribution is 2.26. The van der Waals surface area contributed by atoms with E-state index in [1.54, 1.807) is 30.4 Å². The zero-order valence-corrected chi connectivity index (χ0v) is 11.3. The van der Waals surface area contributed by atoms with E-state index < -0.39 is 0 Å². The van der Waals surface area contributed by atoms with E-state index in [-0.39, 0.29) is 0 Å². The van der Waals surface area contributed by atoms with Crippen LogP contribution in [0.25, 0.3) is 0 Å². The molecule has 2 aromatic heterocycles. The van der Waals surface area contributed by atoms with Crippen molar-refractivity contribution < 1.29 is 0 Å². The van der Waals surface area contributed by atoms with Gasteiger partial charge in [0.1, 0.15) is 10.2 Å². The fourth-order valence-electron chi connectivity index (χ4n) is 1.03. The summed E-state index contributed by atoms with van der Waals surface area (Å²) in [6, 6.07) is 3.85. The number of aromatic nitrogens is 3. The summed E-state index contributed by atoms with van der Waals surface area (Å²) in [6.07, 6.45) is 4.98. The van der Waals surface area contributed by atoms with Gasteiger partial charge >= 0.3 is 0 Å². The first-order valence-corrected chi connectivity index (χ1v) is 6.61. The molecule has 0 fully saturated rings. The largest absolute Gasteiger partial charge is 0.256 e. The quantitative estimate of drug-likeness (QED) is 0.811. The SMILES string of the molecule is Clc1cnc(CSc2ncccc2Br)cn1. The first kappa shape index (κ1) is 11.8. The molecular weight excluding hydrogens is 310 g/mol. The molecule has 2 heterocycles. The number of pyridine rings is 1. The Morgan fingerprint density at radius 1 is 1.25 bits per heavy atom. The average molecular weight is 317 g/mol. The molecule has 0 aliphatic heterocycles. The smallest absolute Gasteiger partial charge is 0.147 e. The highest BCUT2D eigenvalue weighted by atomic mass is 79.9. The summed E-state index contributed by atoms with van der Waals surface area (Å²) in [5.41, 5.74) is 0.881. The van der Waals surface area contributed by atoms with Crippen LogP contribution in [0, 0.1) is 0 Å². The van der Waals surface area contributed by atoms with Gasteiger partial charge in [-0.25, -0.2) is 9.97 Å². The molecular formula is C10H7BrClN3S. The molecule has 0 saturated carbocycles. The molecule has 16 heavy (non-hydrogen) atoms. The number of hydrogen-bond donors (Lipinski definition) is 0. The summed E-state index contributed by atoms with van der Waals surface area (Å²) in [7, 11) is 0. The Labute approximate surface area is 111 Å². The van der Waals surface area contributed by atoms with E-state index in [0.29, 0.717) is 5.15 Å². The van der Waals surface area contributed by atoms with Gasteiger partial charge in [0.25, 0.3) is 0 Å². The van der Waals surface area contributed by atoms with Gasteiger partial charge in [0.2, 0.25) is 0 Å². The van der Waals surface area contributed by atoms with Gasteiger partial charge < -0.3 is 0 Å². The molecule has 82 valence electrons. The van der Waals surface area contributed by atoms with E-state index in [1.165, 1.54) is 0 Å². The molecule has 0 aromatic carbocycles. The van der Waals surface area contributed by atoms with Crippen molar-refractivity contribution in [3.05, 3.63) is 46.0 Å². The lowest BCUT2D eigenvalue weighted by Gasteiger charge is -2.02. The Balaban J connectivity index is 2.02. The third-order valence-electron chi connectivity index (χ3n) is 1.76. The fourth-order valence-corrected chi connectivity index (χ4v) is 2.50. The van der Waals surface area contributed by atoms with Crippen molar-refractivity contribution in [2.24, 2.45) is 0 Å². The van der Waals surface area contributed by atoms with Crippen LogP contribution in [0.4, 0.5) is 0 Å². The first-order valence-electron chi connectivity index (χ1n) is 4.45. The van der Waals surface area contributed by atoms with Gasteiger partial charge in [-0.05, 0) is 28.1 Å². The molecule has 0 unspecified atom stereocenters. The predicted octanol–water partition coefficient (Wildman–Crippen LogP) is 3.58. The molecule has 0 N–H and O–H groups in total. The van der Waals surface area contributed by atoms with Gasteiger partial charge in [-0.15, -0.1) is 0 Å². The molecule has 0 atom stereocenters. The van der Waals surface area contributed by atoms with Crippen molar-refractivity contribution in [3.63, 3.8) is 0 Å². The Morgan fingerprint density at radius 2 is 2.12 bits per heavy atom. The van der Waals surface area contributed by atoms with Crippen LogP contribution in [-0.2, 0) is 5.75 Å². The summed E-state index contributed by atoms with van der Waals surface area (Å²) in [4.78, 5) is 12.4. The summed E-state index contributed by atoms with van der Waals surface area (Å²) < 4.78 is 0.988. The minimum absolute atomic E-state index is 0.410. The van der Waals surface area contributed by atoms with Crippen molar-refractivity contribution in [1.29, 1.82) is 0 Å². The second-order valence-corrected chi connectivity index (χ2v) is 5.12. The van der Waals surface area contributed by atoms with E-state index in [2.05, 4.69) is 30.9 Å². The summed E-state index contributed by atoms with van der Waals surface area (Å²) in [5.74, 6) is 0.722. The van der Waals surface area contributed by atoms with E-state index >= 15 is 0 Å². The lowest BCUT2D eigenvalue weighted by atomic mass is 10.5. The normalized spacial score (nSPS) is 10.4. The van der Waals surface area contributed by atoms with E-state index in [4.69, 9.17) is 11.6 Å². The van der Waals surface area contributed by atoms with Gasteiger partial charge in [-0.3, -0.25) is 4.98 Å². The fraction of sp³-hybridized carbons (Fsp3) is 0.100. The summed E-state index contributed by atoms with van der Waals surface area (Å²) in [6.45, 7) is 0. The van der Waals surface area contributed by atoms with E-state index in [1.807, 2.05) is 12.1 Å². The number of thioether (sulfide) groups is 1. The molecule has 3 nitrogen and oxygen atoms in total.